The minimum absolute atomic E-state index is 0.0700. The Balaban J connectivity index is 1.85. The highest BCUT2D eigenvalue weighted by Crippen LogP contribution is 2.35. The van der Waals surface area contributed by atoms with Gasteiger partial charge in [0, 0.05) is 44.1 Å². The van der Waals surface area contributed by atoms with Crippen LogP contribution in [-0.4, -0.2) is 56.3 Å². The molecule has 1 saturated heterocycles. The Kier molecular flexibility index (Phi) is 6.73. The largest absolute Gasteiger partial charge is 0.493 e. The zero-order valence-corrected chi connectivity index (χ0v) is 16.9. The molecule has 3 rings (SSSR count). The number of hydrogen-bond donors (Lipinski definition) is 2. The third-order valence-corrected chi connectivity index (χ3v) is 4.87. The summed E-state index contributed by atoms with van der Waals surface area (Å²) in [4.78, 5) is 23.1. The van der Waals surface area contributed by atoms with Crippen LogP contribution in [0, 0.1) is 0 Å². The molecule has 0 atom stereocenters. The molecule has 152 valence electrons. The first-order valence-electron chi connectivity index (χ1n) is 9.85. The number of nitrogens with one attached hydrogen (secondary N) is 2. The minimum atomic E-state index is 0.0700. The molecule has 1 amide bonds. The van der Waals surface area contributed by atoms with Crippen LogP contribution in [-0.2, 0) is 4.79 Å². The molecule has 0 spiro atoms. The average molecular weight is 387 g/mol. The first-order chi connectivity index (χ1) is 13.7. The van der Waals surface area contributed by atoms with E-state index in [0.717, 1.165) is 55.0 Å². The van der Waals surface area contributed by atoms with Crippen LogP contribution < -0.4 is 25.0 Å². The molecule has 8 heteroatoms. The number of amides is 1. The van der Waals surface area contributed by atoms with Gasteiger partial charge < -0.3 is 25.0 Å². The molecular formula is C20H29N5O3. The van der Waals surface area contributed by atoms with Crippen LogP contribution in [0.25, 0.3) is 10.9 Å². The molecule has 0 saturated carbocycles. The lowest BCUT2D eigenvalue weighted by atomic mass is 10.2. The van der Waals surface area contributed by atoms with E-state index in [9.17, 15) is 4.79 Å². The quantitative estimate of drug-likeness (QED) is 0.639. The van der Waals surface area contributed by atoms with Crippen LogP contribution in [0.2, 0.25) is 0 Å². The number of nitrogens with zero attached hydrogens (tertiary/aromatic N) is 3. The van der Waals surface area contributed by atoms with Crippen molar-refractivity contribution in [1.82, 2.24) is 15.3 Å². The standard InChI is InChI=1S/C20H29N5O3/c1-4-18(26)21-8-7-9-22-19-14-12-16(27-2)17(28-3)13-15(14)23-20(24-19)25-10-5-6-11-25/h12-13H,4-11H2,1-3H3,(H,21,26)(H,22,23,24). The van der Waals surface area contributed by atoms with Crippen molar-refractivity contribution < 1.29 is 14.3 Å². The first-order valence-corrected chi connectivity index (χ1v) is 9.85. The molecule has 0 unspecified atom stereocenters. The van der Waals surface area contributed by atoms with E-state index in [0.29, 0.717) is 31.0 Å². The van der Waals surface area contributed by atoms with Crippen molar-refractivity contribution in [2.75, 3.05) is 50.6 Å². The fourth-order valence-electron chi connectivity index (χ4n) is 3.28. The molecule has 1 aliphatic heterocycles. The highest BCUT2D eigenvalue weighted by atomic mass is 16.5. The third-order valence-electron chi connectivity index (χ3n) is 4.87. The summed E-state index contributed by atoms with van der Waals surface area (Å²) < 4.78 is 10.9. The van der Waals surface area contributed by atoms with Crippen molar-refractivity contribution in [1.29, 1.82) is 0 Å². The van der Waals surface area contributed by atoms with Crippen molar-refractivity contribution in [3.63, 3.8) is 0 Å². The van der Waals surface area contributed by atoms with Crippen LogP contribution in [0.4, 0.5) is 11.8 Å². The number of carbonyl (C=O) groups excluding carboxylic acids is 1. The molecule has 0 aliphatic carbocycles. The van der Waals surface area contributed by atoms with E-state index in [-0.39, 0.29) is 5.91 Å². The second-order valence-corrected chi connectivity index (χ2v) is 6.77. The molecule has 0 bridgehead atoms. The number of rotatable bonds is 9. The molecular weight excluding hydrogens is 358 g/mol. The Bertz CT molecular complexity index is 821. The van der Waals surface area contributed by atoms with Gasteiger partial charge in [0.1, 0.15) is 5.82 Å². The smallest absolute Gasteiger partial charge is 0.227 e. The Morgan fingerprint density at radius 1 is 1.11 bits per heavy atom. The van der Waals surface area contributed by atoms with E-state index in [4.69, 9.17) is 19.4 Å². The van der Waals surface area contributed by atoms with Gasteiger partial charge in [0.05, 0.1) is 19.7 Å². The SMILES string of the molecule is CCC(=O)NCCCNc1nc(N2CCCC2)nc2cc(OC)c(OC)cc12. The summed E-state index contributed by atoms with van der Waals surface area (Å²) in [5, 5.41) is 7.18. The maximum atomic E-state index is 11.4. The van der Waals surface area contributed by atoms with Gasteiger partial charge in [-0.1, -0.05) is 6.92 Å². The van der Waals surface area contributed by atoms with Crippen molar-refractivity contribution >= 4 is 28.6 Å². The summed E-state index contributed by atoms with van der Waals surface area (Å²) in [5.41, 5.74) is 0.816. The molecule has 28 heavy (non-hydrogen) atoms. The van der Waals surface area contributed by atoms with E-state index in [2.05, 4.69) is 15.5 Å². The fraction of sp³-hybridized carbons (Fsp3) is 0.550. The van der Waals surface area contributed by atoms with E-state index in [1.54, 1.807) is 14.2 Å². The van der Waals surface area contributed by atoms with Crippen LogP contribution in [0.15, 0.2) is 12.1 Å². The highest BCUT2D eigenvalue weighted by molar-refractivity contribution is 5.92. The van der Waals surface area contributed by atoms with Gasteiger partial charge in [0.15, 0.2) is 11.5 Å². The second-order valence-electron chi connectivity index (χ2n) is 6.77. The van der Waals surface area contributed by atoms with E-state index in [1.165, 1.54) is 0 Å². The summed E-state index contributed by atoms with van der Waals surface area (Å²) in [6, 6.07) is 3.80. The summed E-state index contributed by atoms with van der Waals surface area (Å²) in [7, 11) is 3.24. The van der Waals surface area contributed by atoms with Gasteiger partial charge in [0.2, 0.25) is 11.9 Å². The van der Waals surface area contributed by atoms with Crippen molar-refractivity contribution in [2.24, 2.45) is 0 Å². The Morgan fingerprint density at radius 3 is 2.50 bits per heavy atom. The van der Waals surface area contributed by atoms with Gasteiger partial charge in [0.25, 0.3) is 0 Å². The van der Waals surface area contributed by atoms with Crippen molar-refractivity contribution in [2.45, 2.75) is 32.6 Å². The number of ether oxygens (including phenoxy) is 2. The summed E-state index contributed by atoms with van der Waals surface area (Å²) in [6.45, 7) is 5.13. The normalized spacial score (nSPS) is 13.6. The van der Waals surface area contributed by atoms with Crippen molar-refractivity contribution in [3.05, 3.63) is 12.1 Å². The van der Waals surface area contributed by atoms with E-state index >= 15 is 0 Å². The first kappa shape index (κ1) is 20.0. The van der Waals surface area contributed by atoms with E-state index < -0.39 is 0 Å². The lowest BCUT2D eigenvalue weighted by Crippen LogP contribution is -2.25. The number of methoxy groups -OCH3 is 2. The molecule has 2 aromatic rings. The zero-order valence-electron chi connectivity index (χ0n) is 16.9. The summed E-state index contributed by atoms with van der Waals surface area (Å²) in [6.07, 6.45) is 3.63. The molecule has 8 nitrogen and oxygen atoms in total. The maximum absolute atomic E-state index is 11.4. The fourth-order valence-corrected chi connectivity index (χ4v) is 3.28. The Morgan fingerprint density at radius 2 is 1.82 bits per heavy atom. The molecule has 0 radical (unpaired) electrons. The number of fused-ring (bicyclic) bond motifs is 1. The van der Waals surface area contributed by atoms with Crippen LogP contribution in [0.1, 0.15) is 32.6 Å². The van der Waals surface area contributed by atoms with Gasteiger partial charge in [-0.05, 0) is 25.3 Å². The van der Waals surface area contributed by atoms with Gasteiger partial charge in [-0.25, -0.2) is 4.98 Å². The monoisotopic (exact) mass is 387 g/mol. The lowest BCUT2D eigenvalue weighted by molar-refractivity contribution is -0.120. The van der Waals surface area contributed by atoms with Gasteiger partial charge in [-0.15, -0.1) is 0 Å². The molecule has 1 fully saturated rings. The maximum Gasteiger partial charge on any atom is 0.227 e. The number of anilines is 2. The minimum Gasteiger partial charge on any atom is -0.493 e. The summed E-state index contributed by atoms with van der Waals surface area (Å²) >= 11 is 0. The highest BCUT2D eigenvalue weighted by Gasteiger charge is 2.19. The zero-order chi connectivity index (χ0) is 19.9. The Hall–Kier alpha value is -2.77. The number of hydrogen-bond acceptors (Lipinski definition) is 7. The van der Waals surface area contributed by atoms with E-state index in [1.807, 2.05) is 19.1 Å². The topological polar surface area (TPSA) is 88.6 Å². The predicted octanol–water partition coefficient (Wildman–Crippen LogP) is 2.58. The van der Waals surface area contributed by atoms with Gasteiger partial charge >= 0.3 is 0 Å². The molecule has 2 N–H and O–H groups in total. The third kappa shape index (κ3) is 4.55. The lowest BCUT2D eigenvalue weighted by Gasteiger charge is -2.19. The van der Waals surface area contributed by atoms with Crippen LogP contribution in [0.5, 0.6) is 11.5 Å². The number of carbonyl (C=O) groups is 1. The summed E-state index contributed by atoms with van der Waals surface area (Å²) in [5.74, 6) is 2.87. The molecule has 2 heterocycles. The molecule has 1 aliphatic rings. The van der Waals surface area contributed by atoms with Crippen LogP contribution in [0.3, 0.4) is 0 Å². The molecule has 1 aromatic heterocycles. The average Bonchev–Trinajstić information content (AvgIpc) is 3.26. The van der Waals surface area contributed by atoms with Crippen LogP contribution >= 0.6 is 0 Å². The number of aromatic nitrogens is 2. The second kappa shape index (κ2) is 9.43. The Labute approximate surface area is 165 Å². The predicted molar refractivity (Wildman–Crippen MR) is 110 cm³/mol. The van der Waals surface area contributed by atoms with Gasteiger partial charge in [-0.2, -0.15) is 4.98 Å². The van der Waals surface area contributed by atoms with Crippen molar-refractivity contribution in [3.8, 4) is 11.5 Å². The molecule has 1 aromatic carbocycles. The van der Waals surface area contributed by atoms with Gasteiger partial charge in [-0.3, -0.25) is 4.79 Å². The number of benzene rings is 1.